The molecule has 0 aliphatic rings. The van der Waals surface area contributed by atoms with Crippen LogP contribution in [-0.4, -0.2) is 20.7 Å². The standard InChI is InChI=1S/C15H10BrFN4O/c16-10-3-1-9(2-4-10)15-19-14(13(18)22)20-21(15)12-7-5-11(17)6-8-12/h1-8H,(H2,18,22). The van der Waals surface area contributed by atoms with Gasteiger partial charge in [-0.05, 0) is 36.4 Å². The molecule has 2 aromatic carbocycles. The maximum atomic E-state index is 13.1. The van der Waals surface area contributed by atoms with Gasteiger partial charge in [-0.25, -0.2) is 14.1 Å². The van der Waals surface area contributed by atoms with Gasteiger partial charge < -0.3 is 5.73 Å². The second kappa shape index (κ2) is 5.69. The molecule has 0 aliphatic carbocycles. The predicted molar refractivity (Wildman–Crippen MR) is 83.0 cm³/mol. The van der Waals surface area contributed by atoms with E-state index in [0.29, 0.717) is 11.5 Å². The molecule has 7 heteroatoms. The number of nitrogens with two attached hydrogens (primary N) is 1. The zero-order valence-corrected chi connectivity index (χ0v) is 12.8. The van der Waals surface area contributed by atoms with Crippen LogP contribution in [0.5, 0.6) is 0 Å². The molecule has 1 amide bonds. The summed E-state index contributed by atoms with van der Waals surface area (Å²) >= 11 is 3.36. The lowest BCUT2D eigenvalue weighted by molar-refractivity contribution is 0.0990. The topological polar surface area (TPSA) is 73.8 Å². The van der Waals surface area contributed by atoms with E-state index in [-0.39, 0.29) is 11.6 Å². The molecule has 0 spiro atoms. The van der Waals surface area contributed by atoms with Crippen LogP contribution >= 0.6 is 15.9 Å². The molecule has 22 heavy (non-hydrogen) atoms. The molecule has 5 nitrogen and oxygen atoms in total. The number of rotatable bonds is 3. The zero-order valence-electron chi connectivity index (χ0n) is 11.2. The van der Waals surface area contributed by atoms with E-state index in [4.69, 9.17) is 5.73 Å². The predicted octanol–water partition coefficient (Wildman–Crippen LogP) is 2.93. The Kier molecular flexibility index (Phi) is 3.72. The van der Waals surface area contributed by atoms with Crippen LogP contribution in [0.2, 0.25) is 0 Å². The van der Waals surface area contributed by atoms with E-state index in [9.17, 15) is 9.18 Å². The fourth-order valence-electron chi connectivity index (χ4n) is 1.96. The number of primary amides is 1. The van der Waals surface area contributed by atoms with Gasteiger partial charge in [-0.1, -0.05) is 28.1 Å². The Morgan fingerprint density at radius 1 is 1.09 bits per heavy atom. The number of benzene rings is 2. The van der Waals surface area contributed by atoms with E-state index in [2.05, 4.69) is 26.0 Å². The Labute approximate surface area is 133 Å². The Morgan fingerprint density at radius 3 is 2.32 bits per heavy atom. The first-order chi connectivity index (χ1) is 10.5. The van der Waals surface area contributed by atoms with Crippen LogP contribution in [0.25, 0.3) is 17.1 Å². The van der Waals surface area contributed by atoms with Crippen LogP contribution in [0, 0.1) is 5.82 Å². The largest absolute Gasteiger partial charge is 0.363 e. The minimum atomic E-state index is -0.723. The Balaban J connectivity index is 2.17. The van der Waals surface area contributed by atoms with Crippen molar-refractivity contribution in [2.45, 2.75) is 0 Å². The molecule has 0 radical (unpaired) electrons. The number of halogens is 2. The molecule has 3 aromatic rings. The van der Waals surface area contributed by atoms with Gasteiger partial charge in [0.25, 0.3) is 5.91 Å². The minimum Gasteiger partial charge on any atom is -0.363 e. The molecule has 110 valence electrons. The van der Waals surface area contributed by atoms with Crippen molar-refractivity contribution < 1.29 is 9.18 Å². The summed E-state index contributed by atoms with van der Waals surface area (Å²) in [4.78, 5) is 15.5. The quantitative estimate of drug-likeness (QED) is 0.780. The van der Waals surface area contributed by atoms with Crippen LogP contribution in [-0.2, 0) is 0 Å². The van der Waals surface area contributed by atoms with Crippen molar-refractivity contribution >= 4 is 21.8 Å². The molecular weight excluding hydrogens is 351 g/mol. The summed E-state index contributed by atoms with van der Waals surface area (Å²) in [6, 6.07) is 13.1. The first-order valence-electron chi connectivity index (χ1n) is 6.33. The molecule has 0 saturated heterocycles. The van der Waals surface area contributed by atoms with Gasteiger partial charge >= 0.3 is 0 Å². The van der Waals surface area contributed by atoms with E-state index in [0.717, 1.165) is 10.0 Å². The van der Waals surface area contributed by atoms with E-state index in [1.807, 2.05) is 24.3 Å². The lowest BCUT2D eigenvalue weighted by Crippen LogP contribution is -2.13. The van der Waals surface area contributed by atoms with Crippen LogP contribution in [0.3, 0.4) is 0 Å². The van der Waals surface area contributed by atoms with Gasteiger partial charge in [0.05, 0.1) is 5.69 Å². The van der Waals surface area contributed by atoms with Crippen molar-refractivity contribution in [1.82, 2.24) is 14.8 Å². The van der Waals surface area contributed by atoms with Gasteiger partial charge in [-0.3, -0.25) is 4.79 Å². The third-order valence-corrected chi connectivity index (χ3v) is 3.53. The van der Waals surface area contributed by atoms with Gasteiger partial charge in [-0.2, -0.15) is 0 Å². The summed E-state index contributed by atoms with van der Waals surface area (Å²) < 4.78 is 15.5. The average Bonchev–Trinajstić information content (AvgIpc) is 2.94. The normalized spacial score (nSPS) is 10.6. The molecule has 0 atom stereocenters. The third-order valence-electron chi connectivity index (χ3n) is 3.00. The molecule has 1 aromatic heterocycles. The highest BCUT2D eigenvalue weighted by Crippen LogP contribution is 2.23. The molecular formula is C15H10BrFN4O. The highest BCUT2D eigenvalue weighted by atomic mass is 79.9. The van der Waals surface area contributed by atoms with Crippen molar-refractivity contribution in [3.63, 3.8) is 0 Å². The van der Waals surface area contributed by atoms with E-state index < -0.39 is 5.91 Å². The molecule has 0 bridgehead atoms. The number of hydrogen-bond donors (Lipinski definition) is 1. The minimum absolute atomic E-state index is 0.0951. The van der Waals surface area contributed by atoms with Crippen LogP contribution < -0.4 is 5.73 Å². The number of nitrogens with zero attached hydrogens (tertiary/aromatic N) is 3. The highest BCUT2D eigenvalue weighted by molar-refractivity contribution is 9.10. The van der Waals surface area contributed by atoms with Crippen molar-refractivity contribution in [3.05, 3.63) is 64.6 Å². The summed E-state index contributed by atoms with van der Waals surface area (Å²) in [7, 11) is 0. The first-order valence-corrected chi connectivity index (χ1v) is 7.12. The smallest absolute Gasteiger partial charge is 0.288 e. The molecule has 2 N–H and O–H groups in total. The summed E-state index contributed by atoms with van der Waals surface area (Å²) in [6.45, 7) is 0. The van der Waals surface area contributed by atoms with Crippen molar-refractivity contribution in [2.75, 3.05) is 0 Å². The van der Waals surface area contributed by atoms with Gasteiger partial charge in [0, 0.05) is 10.0 Å². The molecule has 0 aliphatic heterocycles. The van der Waals surface area contributed by atoms with Crippen molar-refractivity contribution in [3.8, 4) is 17.1 Å². The van der Waals surface area contributed by atoms with Crippen molar-refractivity contribution in [2.24, 2.45) is 5.73 Å². The third kappa shape index (κ3) is 2.75. The second-order valence-electron chi connectivity index (χ2n) is 4.52. The SMILES string of the molecule is NC(=O)c1nc(-c2ccc(Br)cc2)n(-c2ccc(F)cc2)n1. The first kappa shape index (κ1) is 14.4. The fraction of sp³-hybridized carbons (Fsp3) is 0. The van der Waals surface area contributed by atoms with E-state index >= 15 is 0 Å². The summed E-state index contributed by atoms with van der Waals surface area (Å²) in [5, 5.41) is 4.11. The molecule has 1 heterocycles. The lowest BCUT2D eigenvalue weighted by atomic mass is 10.2. The second-order valence-corrected chi connectivity index (χ2v) is 5.43. The maximum Gasteiger partial charge on any atom is 0.288 e. The fourth-order valence-corrected chi connectivity index (χ4v) is 2.23. The summed E-state index contributed by atoms with van der Waals surface area (Å²) in [5.74, 6) is -0.724. The molecule has 0 saturated carbocycles. The number of aromatic nitrogens is 3. The summed E-state index contributed by atoms with van der Waals surface area (Å²) in [6.07, 6.45) is 0. The molecule has 3 rings (SSSR count). The highest BCUT2D eigenvalue weighted by Gasteiger charge is 2.16. The Morgan fingerprint density at radius 2 is 1.73 bits per heavy atom. The molecule has 0 unspecified atom stereocenters. The van der Waals surface area contributed by atoms with Gasteiger partial charge in [0.1, 0.15) is 5.82 Å². The number of hydrogen-bond acceptors (Lipinski definition) is 3. The maximum absolute atomic E-state index is 13.1. The summed E-state index contributed by atoms with van der Waals surface area (Å²) in [5.41, 5.74) is 6.60. The number of carbonyl (C=O) groups excluding carboxylic acids is 1. The monoisotopic (exact) mass is 360 g/mol. The number of carbonyl (C=O) groups is 1. The Bertz CT molecular complexity index is 765. The van der Waals surface area contributed by atoms with Gasteiger partial charge in [-0.15, -0.1) is 5.10 Å². The van der Waals surface area contributed by atoms with Gasteiger partial charge in [0.2, 0.25) is 5.82 Å². The number of amides is 1. The Hall–Kier alpha value is -2.54. The van der Waals surface area contributed by atoms with Gasteiger partial charge in [0.15, 0.2) is 5.82 Å². The van der Waals surface area contributed by atoms with Crippen molar-refractivity contribution in [1.29, 1.82) is 0 Å². The average molecular weight is 361 g/mol. The van der Waals surface area contributed by atoms with Crippen LogP contribution in [0.15, 0.2) is 53.0 Å². The van der Waals surface area contributed by atoms with E-state index in [1.54, 1.807) is 12.1 Å². The molecule has 0 fully saturated rings. The van der Waals surface area contributed by atoms with Crippen LogP contribution in [0.4, 0.5) is 4.39 Å². The lowest BCUT2D eigenvalue weighted by Gasteiger charge is -2.06. The van der Waals surface area contributed by atoms with Crippen LogP contribution in [0.1, 0.15) is 10.6 Å². The zero-order chi connectivity index (χ0) is 15.7. The van der Waals surface area contributed by atoms with E-state index in [1.165, 1.54) is 16.8 Å².